The van der Waals surface area contributed by atoms with Crippen LogP contribution >= 0.6 is 34.8 Å². The number of benzene rings is 2. The number of fused-ring (bicyclic) bond motifs is 2. The fraction of sp³-hybridized carbons (Fsp3) is 0.400. The normalized spacial score (nSPS) is 23.4. The molecular weight excluding hydrogens is 643 g/mol. The van der Waals surface area contributed by atoms with Crippen LogP contribution in [-0.4, -0.2) is 69.4 Å². The number of amides is 1. The lowest BCUT2D eigenvalue weighted by Gasteiger charge is -2.44. The first-order chi connectivity index (χ1) is 22.3. The Bertz CT molecular complexity index is 1740. The molecule has 4 aliphatic rings. The number of hydrogen-bond acceptors (Lipinski definition) is 6. The molecule has 11 heteroatoms. The first-order valence-electron chi connectivity index (χ1n) is 16.0. The molecular formula is C35H37Cl3N6O2. The molecule has 1 N–H and O–H groups in total. The van der Waals surface area contributed by atoms with E-state index < -0.39 is 0 Å². The second-order valence-corrected chi connectivity index (χ2v) is 14.0. The third-order valence-electron chi connectivity index (χ3n) is 9.70. The van der Waals surface area contributed by atoms with E-state index in [0.29, 0.717) is 38.0 Å². The molecule has 4 aliphatic heterocycles. The van der Waals surface area contributed by atoms with Crippen LogP contribution in [0.1, 0.15) is 53.8 Å². The Morgan fingerprint density at radius 2 is 1.76 bits per heavy atom. The van der Waals surface area contributed by atoms with Gasteiger partial charge in [0.05, 0.1) is 22.1 Å². The second-order valence-electron chi connectivity index (χ2n) is 12.7. The molecule has 240 valence electrons. The Hall–Kier alpha value is -3.14. The number of halogens is 3. The minimum absolute atomic E-state index is 0.228. The highest BCUT2D eigenvalue weighted by Gasteiger charge is 2.51. The third kappa shape index (κ3) is 6.26. The van der Waals surface area contributed by atoms with Gasteiger partial charge in [0, 0.05) is 65.4 Å². The van der Waals surface area contributed by atoms with E-state index in [1.807, 2.05) is 48.5 Å². The summed E-state index contributed by atoms with van der Waals surface area (Å²) in [7, 11) is 0. The summed E-state index contributed by atoms with van der Waals surface area (Å²) >= 11 is 18.6. The largest absolute Gasteiger partial charge is 0.488 e. The highest BCUT2D eigenvalue weighted by Crippen LogP contribution is 2.47. The summed E-state index contributed by atoms with van der Waals surface area (Å²) in [6, 6.07) is 16.7. The van der Waals surface area contributed by atoms with Gasteiger partial charge in [-0.1, -0.05) is 53.4 Å². The molecule has 0 saturated carbocycles. The quantitative estimate of drug-likeness (QED) is 0.242. The lowest BCUT2D eigenvalue weighted by atomic mass is 9.73. The van der Waals surface area contributed by atoms with Crippen LogP contribution in [0.5, 0.6) is 5.75 Å². The molecule has 1 amide bonds. The maximum absolute atomic E-state index is 13.1. The molecule has 8 rings (SSSR count). The van der Waals surface area contributed by atoms with E-state index in [2.05, 4.69) is 26.5 Å². The van der Waals surface area contributed by atoms with E-state index in [1.165, 1.54) is 44.6 Å². The zero-order chi connectivity index (χ0) is 31.8. The number of carbonyl (C=O) groups is 1. The van der Waals surface area contributed by atoms with Crippen LogP contribution in [0.4, 0.5) is 0 Å². The molecule has 2 aromatic heterocycles. The number of nitrogens with one attached hydrogen (secondary N) is 1. The van der Waals surface area contributed by atoms with Crippen molar-refractivity contribution in [2.45, 2.75) is 51.6 Å². The SMILES string of the molecule is Cc1c(C(=O)NN2CCCCC2)nn(-c2ccc(Cl)cc2Cl)c1-c1ccc(Cl)cc1.c1cnc2c(c1)O[C@H]1CCN3CC[C@@]1(C2)C3. The molecule has 46 heavy (non-hydrogen) atoms. The van der Waals surface area contributed by atoms with Crippen molar-refractivity contribution in [2.24, 2.45) is 5.41 Å². The van der Waals surface area contributed by atoms with Crippen LogP contribution in [0.3, 0.4) is 0 Å². The molecule has 6 heterocycles. The van der Waals surface area contributed by atoms with Crippen LogP contribution in [-0.2, 0) is 6.42 Å². The van der Waals surface area contributed by atoms with Crippen LogP contribution < -0.4 is 10.2 Å². The Kier molecular flexibility index (Phi) is 9.00. The maximum Gasteiger partial charge on any atom is 0.286 e. The molecule has 2 bridgehead atoms. The first kappa shape index (κ1) is 31.5. The molecule has 1 unspecified atom stereocenters. The van der Waals surface area contributed by atoms with E-state index in [4.69, 9.17) is 39.5 Å². The van der Waals surface area contributed by atoms with Crippen LogP contribution in [0, 0.1) is 12.3 Å². The smallest absolute Gasteiger partial charge is 0.286 e. The fourth-order valence-electron chi connectivity index (χ4n) is 7.32. The Labute approximate surface area is 284 Å². The molecule has 1 spiro atoms. The van der Waals surface area contributed by atoms with Gasteiger partial charge in [-0.05, 0) is 81.6 Å². The monoisotopic (exact) mass is 678 g/mol. The van der Waals surface area contributed by atoms with Crippen molar-refractivity contribution in [3.8, 4) is 22.7 Å². The summed E-state index contributed by atoms with van der Waals surface area (Å²) < 4.78 is 7.86. The zero-order valence-electron chi connectivity index (χ0n) is 25.8. The Morgan fingerprint density at radius 1 is 0.978 bits per heavy atom. The number of pyridine rings is 1. The van der Waals surface area contributed by atoms with Gasteiger partial charge in [0.1, 0.15) is 11.9 Å². The number of hydrogen-bond donors (Lipinski definition) is 1. The van der Waals surface area contributed by atoms with E-state index >= 15 is 0 Å². The zero-order valence-corrected chi connectivity index (χ0v) is 28.1. The fourth-order valence-corrected chi connectivity index (χ4v) is 7.94. The topological polar surface area (TPSA) is 75.5 Å². The van der Waals surface area contributed by atoms with Crippen molar-refractivity contribution in [3.63, 3.8) is 0 Å². The number of hydrazine groups is 1. The van der Waals surface area contributed by atoms with E-state index in [-0.39, 0.29) is 5.91 Å². The molecule has 4 aromatic rings. The van der Waals surface area contributed by atoms with Gasteiger partial charge < -0.3 is 9.64 Å². The molecule has 2 aromatic carbocycles. The lowest BCUT2D eigenvalue weighted by molar-refractivity contribution is -0.00192. The summed E-state index contributed by atoms with van der Waals surface area (Å²) in [6.45, 7) is 7.26. The van der Waals surface area contributed by atoms with Crippen molar-refractivity contribution in [1.29, 1.82) is 0 Å². The summed E-state index contributed by atoms with van der Waals surface area (Å²) in [4.78, 5) is 20.1. The van der Waals surface area contributed by atoms with Crippen molar-refractivity contribution >= 4 is 40.7 Å². The van der Waals surface area contributed by atoms with E-state index in [0.717, 1.165) is 54.9 Å². The number of rotatable bonds is 4. The van der Waals surface area contributed by atoms with Gasteiger partial charge in [0.15, 0.2) is 5.69 Å². The summed E-state index contributed by atoms with van der Waals surface area (Å²) in [6.07, 6.45) is 9.24. The second kappa shape index (κ2) is 13.2. The third-order valence-corrected chi connectivity index (χ3v) is 10.5. The van der Waals surface area contributed by atoms with Crippen molar-refractivity contribution in [1.82, 2.24) is 30.1 Å². The van der Waals surface area contributed by atoms with Gasteiger partial charge in [-0.25, -0.2) is 9.69 Å². The number of aromatic nitrogens is 3. The van der Waals surface area contributed by atoms with Crippen molar-refractivity contribution in [3.05, 3.63) is 92.8 Å². The van der Waals surface area contributed by atoms with Gasteiger partial charge in [0.2, 0.25) is 0 Å². The van der Waals surface area contributed by atoms with Crippen molar-refractivity contribution < 1.29 is 9.53 Å². The van der Waals surface area contributed by atoms with Gasteiger partial charge in [-0.15, -0.1) is 0 Å². The highest BCUT2D eigenvalue weighted by molar-refractivity contribution is 6.35. The predicted octanol–water partition coefficient (Wildman–Crippen LogP) is 7.42. The predicted molar refractivity (Wildman–Crippen MR) is 182 cm³/mol. The number of piperidine rings is 2. The van der Waals surface area contributed by atoms with Gasteiger partial charge >= 0.3 is 0 Å². The van der Waals surface area contributed by atoms with Gasteiger partial charge in [0.25, 0.3) is 5.91 Å². The van der Waals surface area contributed by atoms with E-state index in [1.54, 1.807) is 22.9 Å². The summed E-state index contributed by atoms with van der Waals surface area (Å²) in [5.74, 6) is 0.798. The molecule has 0 radical (unpaired) electrons. The Morgan fingerprint density at radius 3 is 2.54 bits per heavy atom. The van der Waals surface area contributed by atoms with Crippen molar-refractivity contribution in [2.75, 3.05) is 32.7 Å². The van der Waals surface area contributed by atoms with Crippen LogP contribution in [0.15, 0.2) is 60.8 Å². The average molecular weight is 680 g/mol. The van der Waals surface area contributed by atoms with Gasteiger partial charge in [-0.3, -0.25) is 15.2 Å². The summed E-state index contributed by atoms with van der Waals surface area (Å²) in [5, 5.41) is 8.22. The van der Waals surface area contributed by atoms with Gasteiger partial charge in [-0.2, -0.15) is 5.10 Å². The molecule has 8 nitrogen and oxygen atoms in total. The highest BCUT2D eigenvalue weighted by atomic mass is 35.5. The molecule has 3 atom stereocenters. The van der Waals surface area contributed by atoms with E-state index in [9.17, 15) is 4.79 Å². The molecule has 0 aliphatic carbocycles. The molecule has 3 fully saturated rings. The minimum Gasteiger partial charge on any atom is -0.488 e. The maximum atomic E-state index is 13.1. The first-order valence-corrected chi connectivity index (χ1v) is 17.1. The number of ether oxygens (including phenoxy) is 1. The number of carbonyl (C=O) groups excluding carboxylic acids is 1. The average Bonchev–Trinajstić information content (AvgIpc) is 3.57. The van der Waals surface area contributed by atoms with Crippen LogP contribution in [0.2, 0.25) is 15.1 Å². The number of nitrogens with zero attached hydrogens (tertiary/aromatic N) is 5. The molecule has 3 saturated heterocycles. The standard InChI is InChI=1S/C22H21Cl3N4O.C13H16N2O/c1-14-20(22(30)27-28-11-3-2-4-12-28)26-29(19-10-9-17(24)13-18(19)25)21(14)15-5-7-16(23)8-6-15;1-2-11-10(14-5-1)8-13-4-7-15(9-13)6-3-12(13)16-11/h5-10,13H,2-4,11-12H2,1H3,(H,27,30);1-2,5,12H,3-4,6-9H2/t;12-,13+/m.0/s1. The van der Waals surface area contributed by atoms with Crippen LogP contribution in [0.25, 0.3) is 16.9 Å². The summed E-state index contributed by atoms with van der Waals surface area (Å²) in [5.41, 5.74) is 7.96. The minimum atomic E-state index is -0.228. The lowest BCUT2D eigenvalue weighted by Crippen LogP contribution is -2.50. The Balaban J connectivity index is 0.000000175.